The number of nitrogens with one attached hydrogen (secondary N) is 1. The van der Waals surface area contributed by atoms with Crippen molar-refractivity contribution in [2.75, 3.05) is 19.8 Å². The van der Waals surface area contributed by atoms with Gasteiger partial charge in [0.2, 0.25) is 0 Å². The maximum Gasteiger partial charge on any atom is 0.123 e. The normalized spacial score (nSPS) is 10.7. The molecule has 0 aliphatic carbocycles. The summed E-state index contributed by atoms with van der Waals surface area (Å²) in [5.41, 5.74) is 1.10. The number of ether oxygens (including phenoxy) is 2. The zero-order chi connectivity index (χ0) is 14.8. The summed E-state index contributed by atoms with van der Waals surface area (Å²) >= 11 is 0. The predicted molar refractivity (Wildman–Crippen MR) is 82.3 cm³/mol. The van der Waals surface area contributed by atoms with Crippen molar-refractivity contribution in [3.63, 3.8) is 0 Å². The summed E-state index contributed by atoms with van der Waals surface area (Å²) in [6.07, 6.45) is 2.82. The third-order valence-corrected chi connectivity index (χ3v) is 3.05. The van der Waals surface area contributed by atoms with Crippen molar-refractivity contribution in [1.82, 2.24) is 5.32 Å². The summed E-state index contributed by atoms with van der Waals surface area (Å²) in [6.45, 7) is 5.54. The second kappa shape index (κ2) is 9.21. The summed E-state index contributed by atoms with van der Waals surface area (Å²) in [5, 5.41) is 3.33. The summed E-state index contributed by atoms with van der Waals surface area (Å²) < 4.78 is 16.7. The van der Waals surface area contributed by atoms with Gasteiger partial charge in [-0.1, -0.05) is 25.1 Å². The number of hydrogen-bond acceptors (Lipinski definition) is 4. The molecule has 0 atom stereocenters. The SMILES string of the molecule is CCCNCc1occc1COCCOc1ccccc1. The van der Waals surface area contributed by atoms with Crippen LogP contribution in [0.25, 0.3) is 0 Å². The first-order chi connectivity index (χ1) is 10.4. The van der Waals surface area contributed by atoms with Crippen LogP contribution in [0.5, 0.6) is 5.75 Å². The topological polar surface area (TPSA) is 43.6 Å². The van der Waals surface area contributed by atoms with Crippen molar-refractivity contribution in [2.24, 2.45) is 0 Å². The molecule has 114 valence electrons. The van der Waals surface area contributed by atoms with E-state index in [1.54, 1.807) is 6.26 Å². The lowest BCUT2D eigenvalue weighted by Crippen LogP contribution is -2.14. The predicted octanol–water partition coefficient (Wildman–Crippen LogP) is 3.37. The Morgan fingerprint density at radius 1 is 1.10 bits per heavy atom. The van der Waals surface area contributed by atoms with E-state index in [4.69, 9.17) is 13.9 Å². The van der Waals surface area contributed by atoms with Gasteiger partial charge < -0.3 is 19.2 Å². The minimum absolute atomic E-state index is 0.547. The van der Waals surface area contributed by atoms with E-state index in [0.717, 1.165) is 36.6 Å². The minimum Gasteiger partial charge on any atom is -0.491 e. The largest absolute Gasteiger partial charge is 0.491 e. The van der Waals surface area contributed by atoms with Crippen LogP contribution in [0, 0.1) is 0 Å². The van der Waals surface area contributed by atoms with E-state index in [1.807, 2.05) is 36.4 Å². The van der Waals surface area contributed by atoms with Crippen LogP contribution in [-0.4, -0.2) is 19.8 Å². The molecule has 0 fully saturated rings. The minimum atomic E-state index is 0.547. The molecule has 1 N–H and O–H groups in total. The van der Waals surface area contributed by atoms with Crippen LogP contribution in [-0.2, 0) is 17.9 Å². The fraction of sp³-hybridized carbons (Fsp3) is 0.412. The molecule has 1 aromatic carbocycles. The second-order valence-corrected chi connectivity index (χ2v) is 4.76. The van der Waals surface area contributed by atoms with Crippen molar-refractivity contribution in [2.45, 2.75) is 26.5 Å². The second-order valence-electron chi connectivity index (χ2n) is 4.76. The third kappa shape index (κ3) is 5.61. The zero-order valence-electron chi connectivity index (χ0n) is 12.5. The summed E-state index contributed by atoms with van der Waals surface area (Å²) in [5.74, 6) is 1.82. The van der Waals surface area contributed by atoms with Gasteiger partial charge in [0, 0.05) is 5.56 Å². The van der Waals surface area contributed by atoms with Crippen molar-refractivity contribution in [3.05, 3.63) is 54.0 Å². The molecular weight excluding hydrogens is 266 g/mol. The summed E-state index contributed by atoms with van der Waals surface area (Å²) in [6, 6.07) is 11.7. The average molecular weight is 289 g/mol. The fourth-order valence-electron chi connectivity index (χ4n) is 1.95. The number of furan rings is 1. The number of benzene rings is 1. The Labute approximate surface area is 126 Å². The van der Waals surface area contributed by atoms with Crippen molar-refractivity contribution in [1.29, 1.82) is 0 Å². The van der Waals surface area contributed by atoms with Crippen molar-refractivity contribution < 1.29 is 13.9 Å². The van der Waals surface area contributed by atoms with Gasteiger partial charge in [-0.15, -0.1) is 0 Å². The molecule has 21 heavy (non-hydrogen) atoms. The highest BCUT2D eigenvalue weighted by atomic mass is 16.5. The Morgan fingerprint density at radius 2 is 1.95 bits per heavy atom. The van der Waals surface area contributed by atoms with Crippen LogP contribution in [0.15, 0.2) is 47.1 Å². The first-order valence-electron chi connectivity index (χ1n) is 7.41. The van der Waals surface area contributed by atoms with Crippen LogP contribution in [0.1, 0.15) is 24.7 Å². The van der Waals surface area contributed by atoms with Crippen LogP contribution < -0.4 is 10.1 Å². The van der Waals surface area contributed by atoms with Gasteiger partial charge in [-0.3, -0.25) is 0 Å². The maximum absolute atomic E-state index is 5.63. The molecule has 0 bridgehead atoms. The quantitative estimate of drug-likeness (QED) is 0.681. The van der Waals surface area contributed by atoms with Crippen LogP contribution in [0.3, 0.4) is 0 Å². The lowest BCUT2D eigenvalue weighted by Gasteiger charge is -2.07. The van der Waals surface area contributed by atoms with E-state index in [2.05, 4.69) is 12.2 Å². The monoisotopic (exact) mass is 289 g/mol. The van der Waals surface area contributed by atoms with Crippen LogP contribution in [0.4, 0.5) is 0 Å². The van der Waals surface area contributed by atoms with Crippen LogP contribution >= 0.6 is 0 Å². The van der Waals surface area contributed by atoms with Crippen molar-refractivity contribution >= 4 is 0 Å². The van der Waals surface area contributed by atoms with Gasteiger partial charge in [-0.25, -0.2) is 0 Å². The van der Waals surface area contributed by atoms with Crippen LogP contribution in [0.2, 0.25) is 0 Å². The number of rotatable bonds is 10. The molecule has 0 saturated heterocycles. The smallest absolute Gasteiger partial charge is 0.123 e. The van der Waals surface area contributed by atoms with Gasteiger partial charge in [-0.2, -0.15) is 0 Å². The van der Waals surface area contributed by atoms with E-state index in [0.29, 0.717) is 19.8 Å². The Hall–Kier alpha value is -1.78. The van der Waals surface area contributed by atoms with Gasteiger partial charge in [0.1, 0.15) is 18.1 Å². The Balaban J connectivity index is 1.63. The molecule has 0 aliphatic rings. The third-order valence-electron chi connectivity index (χ3n) is 3.05. The molecule has 2 aromatic rings. The van der Waals surface area contributed by atoms with E-state index in [-0.39, 0.29) is 0 Å². The van der Waals surface area contributed by atoms with Gasteiger partial charge >= 0.3 is 0 Å². The Bertz CT molecular complexity index is 496. The molecule has 0 unspecified atom stereocenters. The fourth-order valence-corrected chi connectivity index (χ4v) is 1.95. The highest BCUT2D eigenvalue weighted by Crippen LogP contribution is 2.12. The first kappa shape index (κ1) is 15.6. The molecule has 1 aromatic heterocycles. The molecule has 0 radical (unpaired) electrons. The molecule has 4 heteroatoms. The lowest BCUT2D eigenvalue weighted by molar-refractivity contribution is 0.0879. The Morgan fingerprint density at radius 3 is 2.76 bits per heavy atom. The number of para-hydroxylation sites is 1. The molecule has 0 saturated carbocycles. The average Bonchev–Trinajstić information content (AvgIpc) is 2.96. The lowest BCUT2D eigenvalue weighted by atomic mass is 10.2. The van der Waals surface area contributed by atoms with Gasteiger partial charge in [-0.05, 0) is 31.2 Å². The Kier molecular flexibility index (Phi) is 6.84. The number of hydrogen-bond donors (Lipinski definition) is 1. The molecular formula is C17H23NO3. The molecule has 2 rings (SSSR count). The highest BCUT2D eigenvalue weighted by Gasteiger charge is 2.05. The molecule has 0 aliphatic heterocycles. The highest BCUT2D eigenvalue weighted by molar-refractivity contribution is 5.20. The molecule has 0 spiro atoms. The van der Waals surface area contributed by atoms with E-state index in [9.17, 15) is 0 Å². The van der Waals surface area contributed by atoms with E-state index >= 15 is 0 Å². The van der Waals surface area contributed by atoms with Crippen molar-refractivity contribution in [3.8, 4) is 5.75 Å². The first-order valence-corrected chi connectivity index (χ1v) is 7.41. The summed E-state index contributed by atoms with van der Waals surface area (Å²) in [4.78, 5) is 0. The molecule has 4 nitrogen and oxygen atoms in total. The van der Waals surface area contributed by atoms with Gasteiger partial charge in [0.15, 0.2) is 0 Å². The summed E-state index contributed by atoms with van der Waals surface area (Å²) in [7, 11) is 0. The standard InChI is InChI=1S/C17H23NO3/c1-2-9-18-13-17-15(8-10-21-17)14-19-11-12-20-16-6-4-3-5-7-16/h3-8,10,18H,2,9,11-14H2,1H3. The molecule has 1 heterocycles. The van der Waals surface area contributed by atoms with Gasteiger partial charge in [0.05, 0.1) is 26.0 Å². The van der Waals surface area contributed by atoms with E-state index in [1.165, 1.54) is 0 Å². The zero-order valence-corrected chi connectivity index (χ0v) is 12.5. The maximum atomic E-state index is 5.63. The van der Waals surface area contributed by atoms with Gasteiger partial charge in [0.25, 0.3) is 0 Å². The van der Waals surface area contributed by atoms with E-state index < -0.39 is 0 Å². The molecule has 0 amide bonds.